The summed E-state index contributed by atoms with van der Waals surface area (Å²) in [6, 6.07) is 3.01. The lowest BCUT2D eigenvalue weighted by molar-refractivity contribution is 0.571. The fraction of sp³-hybridized carbons (Fsp3) is 0.167. The Morgan fingerprint density at radius 1 is 1.28 bits per heavy atom. The van der Waals surface area contributed by atoms with Gasteiger partial charge in [0.05, 0.1) is 6.54 Å². The summed E-state index contributed by atoms with van der Waals surface area (Å²) in [6.07, 6.45) is 1.31. The smallest absolute Gasteiger partial charge is 0.296 e. The zero-order chi connectivity index (χ0) is 13.3. The maximum Gasteiger partial charge on any atom is 0.328 e. The average Bonchev–Trinajstić information content (AvgIpc) is 2.30. The Morgan fingerprint density at radius 2 is 2.00 bits per heavy atom. The maximum absolute atomic E-state index is 13.4. The molecule has 0 spiro atoms. The van der Waals surface area contributed by atoms with E-state index >= 15 is 0 Å². The van der Waals surface area contributed by atoms with Crippen LogP contribution >= 0.6 is 0 Å². The van der Waals surface area contributed by atoms with Gasteiger partial charge < -0.3 is 0 Å². The molecule has 0 fully saturated rings. The van der Waals surface area contributed by atoms with Gasteiger partial charge in [0.2, 0.25) is 0 Å². The molecule has 1 aromatic heterocycles. The molecule has 0 bridgehead atoms. The number of aromatic amines is 1. The largest absolute Gasteiger partial charge is 0.328 e. The average molecular weight is 252 g/mol. The quantitative estimate of drug-likeness (QED) is 0.872. The summed E-state index contributed by atoms with van der Waals surface area (Å²) in [4.78, 5) is 24.7. The van der Waals surface area contributed by atoms with E-state index in [1.54, 1.807) is 0 Å². The first-order valence-corrected chi connectivity index (χ1v) is 5.21. The van der Waals surface area contributed by atoms with Crippen LogP contribution in [0.4, 0.5) is 8.78 Å². The monoisotopic (exact) mass is 252 g/mol. The van der Waals surface area contributed by atoms with Crippen molar-refractivity contribution in [3.05, 3.63) is 68.0 Å². The highest BCUT2D eigenvalue weighted by Gasteiger charge is 2.07. The van der Waals surface area contributed by atoms with Crippen molar-refractivity contribution >= 4 is 0 Å². The summed E-state index contributed by atoms with van der Waals surface area (Å²) in [6.45, 7) is 1.39. The van der Waals surface area contributed by atoms with Crippen molar-refractivity contribution in [1.29, 1.82) is 0 Å². The summed E-state index contributed by atoms with van der Waals surface area (Å²) >= 11 is 0. The van der Waals surface area contributed by atoms with Gasteiger partial charge in [-0.1, -0.05) is 0 Å². The lowest BCUT2D eigenvalue weighted by Gasteiger charge is -2.07. The van der Waals surface area contributed by atoms with Crippen LogP contribution in [0.15, 0.2) is 34.0 Å². The molecule has 0 aliphatic heterocycles. The van der Waals surface area contributed by atoms with Crippen LogP contribution in [0.5, 0.6) is 0 Å². The van der Waals surface area contributed by atoms with Gasteiger partial charge in [-0.05, 0) is 25.1 Å². The zero-order valence-electron chi connectivity index (χ0n) is 9.54. The molecule has 0 amide bonds. The number of nitrogens with zero attached hydrogens (tertiary/aromatic N) is 1. The van der Waals surface area contributed by atoms with Gasteiger partial charge in [0.1, 0.15) is 11.6 Å². The van der Waals surface area contributed by atoms with Crippen molar-refractivity contribution in [2.45, 2.75) is 13.5 Å². The van der Waals surface area contributed by atoms with Gasteiger partial charge >= 0.3 is 5.69 Å². The standard InChI is InChI=1S/C12H10F2N2O2/c1-7-5-16(12(18)15-11(7)17)6-8-4-9(13)2-3-10(8)14/h2-5H,6H2,1H3,(H,15,17,18). The second-order valence-corrected chi connectivity index (χ2v) is 3.94. The van der Waals surface area contributed by atoms with E-state index in [0.29, 0.717) is 5.56 Å². The van der Waals surface area contributed by atoms with Crippen LogP contribution < -0.4 is 11.2 Å². The third kappa shape index (κ3) is 2.37. The summed E-state index contributed by atoms with van der Waals surface area (Å²) in [5.74, 6) is -1.19. The number of benzene rings is 1. The first-order valence-electron chi connectivity index (χ1n) is 5.21. The number of aromatic nitrogens is 2. The molecule has 0 aliphatic rings. The minimum absolute atomic E-state index is 0.0450. The SMILES string of the molecule is Cc1cn(Cc2cc(F)ccc2F)c(=O)[nH]c1=O. The van der Waals surface area contributed by atoms with Crippen molar-refractivity contribution in [2.75, 3.05) is 0 Å². The first kappa shape index (κ1) is 12.2. The van der Waals surface area contributed by atoms with Crippen molar-refractivity contribution in [3.63, 3.8) is 0 Å². The number of hydrogen-bond donors (Lipinski definition) is 1. The highest BCUT2D eigenvalue weighted by Crippen LogP contribution is 2.10. The van der Waals surface area contributed by atoms with Crippen molar-refractivity contribution in [2.24, 2.45) is 0 Å². The van der Waals surface area contributed by atoms with Crippen LogP contribution in [0, 0.1) is 18.6 Å². The lowest BCUT2D eigenvalue weighted by atomic mass is 10.2. The van der Waals surface area contributed by atoms with Crippen LogP contribution in [0.3, 0.4) is 0 Å². The van der Waals surface area contributed by atoms with Gasteiger partial charge in [-0.3, -0.25) is 14.3 Å². The highest BCUT2D eigenvalue weighted by molar-refractivity contribution is 5.19. The maximum atomic E-state index is 13.4. The minimum atomic E-state index is -0.658. The molecule has 0 saturated carbocycles. The van der Waals surface area contributed by atoms with Crippen molar-refractivity contribution in [3.8, 4) is 0 Å². The van der Waals surface area contributed by atoms with Crippen LogP contribution in [-0.2, 0) is 6.54 Å². The Bertz CT molecular complexity index is 704. The second kappa shape index (κ2) is 4.56. The van der Waals surface area contributed by atoms with E-state index in [9.17, 15) is 18.4 Å². The molecular formula is C12H10F2N2O2. The topological polar surface area (TPSA) is 54.9 Å². The van der Waals surface area contributed by atoms with Crippen molar-refractivity contribution in [1.82, 2.24) is 9.55 Å². The van der Waals surface area contributed by atoms with E-state index in [1.165, 1.54) is 13.1 Å². The number of nitrogens with one attached hydrogen (secondary N) is 1. The Labute approximate surface area is 101 Å². The number of rotatable bonds is 2. The Kier molecular flexibility index (Phi) is 3.10. The summed E-state index contributed by atoms with van der Waals surface area (Å²) in [7, 11) is 0. The van der Waals surface area contributed by atoms with Gasteiger partial charge in [-0.2, -0.15) is 0 Å². The Balaban J connectivity index is 2.46. The third-order valence-corrected chi connectivity index (χ3v) is 2.54. The van der Waals surface area contributed by atoms with E-state index in [4.69, 9.17) is 0 Å². The Morgan fingerprint density at radius 3 is 2.72 bits per heavy atom. The molecule has 1 heterocycles. The summed E-state index contributed by atoms with van der Waals surface area (Å²) in [5, 5.41) is 0. The van der Waals surface area contributed by atoms with E-state index in [-0.39, 0.29) is 12.1 Å². The highest BCUT2D eigenvalue weighted by atomic mass is 19.1. The fourth-order valence-corrected chi connectivity index (χ4v) is 1.58. The molecule has 1 N–H and O–H groups in total. The van der Waals surface area contributed by atoms with Gasteiger partial charge in [-0.15, -0.1) is 0 Å². The molecular weight excluding hydrogens is 242 g/mol. The molecule has 94 valence electrons. The molecule has 6 heteroatoms. The van der Waals surface area contributed by atoms with E-state index in [2.05, 4.69) is 4.98 Å². The van der Waals surface area contributed by atoms with E-state index in [1.807, 2.05) is 0 Å². The molecule has 0 saturated heterocycles. The van der Waals surface area contributed by atoms with E-state index in [0.717, 1.165) is 22.8 Å². The number of hydrogen-bond acceptors (Lipinski definition) is 2. The number of aryl methyl sites for hydroxylation is 1. The molecule has 18 heavy (non-hydrogen) atoms. The Hall–Kier alpha value is -2.24. The van der Waals surface area contributed by atoms with E-state index < -0.39 is 22.9 Å². The van der Waals surface area contributed by atoms with Crippen LogP contribution in [-0.4, -0.2) is 9.55 Å². The molecule has 0 radical (unpaired) electrons. The summed E-state index contributed by atoms with van der Waals surface area (Å²) in [5.41, 5.74) is -0.778. The first-order chi connectivity index (χ1) is 8.47. The van der Waals surface area contributed by atoms with Crippen LogP contribution in [0.25, 0.3) is 0 Å². The van der Waals surface area contributed by atoms with Gasteiger partial charge in [0.25, 0.3) is 5.56 Å². The molecule has 4 nitrogen and oxygen atoms in total. The van der Waals surface area contributed by atoms with Crippen molar-refractivity contribution < 1.29 is 8.78 Å². The zero-order valence-corrected chi connectivity index (χ0v) is 9.54. The summed E-state index contributed by atoms with van der Waals surface area (Å²) < 4.78 is 27.5. The van der Waals surface area contributed by atoms with Gasteiger partial charge in [0, 0.05) is 17.3 Å². The molecule has 0 unspecified atom stereocenters. The predicted molar refractivity (Wildman–Crippen MR) is 61.5 cm³/mol. The molecule has 1 aromatic carbocycles. The molecule has 0 aliphatic carbocycles. The normalized spacial score (nSPS) is 10.6. The number of H-pyrrole nitrogens is 1. The van der Waals surface area contributed by atoms with Crippen LogP contribution in [0.1, 0.15) is 11.1 Å². The molecule has 2 rings (SSSR count). The molecule has 2 aromatic rings. The predicted octanol–water partition coefficient (Wildman–Crippen LogP) is 1.17. The van der Waals surface area contributed by atoms with Gasteiger partial charge in [-0.25, -0.2) is 13.6 Å². The lowest BCUT2D eigenvalue weighted by Crippen LogP contribution is -2.31. The second-order valence-electron chi connectivity index (χ2n) is 3.94. The third-order valence-electron chi connectivity index (χ3n) is 2.54. The molecule has 0 atom stereocenters. The van der Waals surface area contributed by atoms with Crippen LogP contribution in [0.2, 0.25) is 0 Å². The fourth-order valence-electron chi connectivity index (χ4n) is 1.58. The minimum Gasteiger partial charge on any atom is -0.296 e. The van der Waals surface area contributed by atoms with Gasteiger partial charge in [0.15, 0.2) is 0 Å². The number of halogens is 2.